The van der Waals surface area contributed by atoms with E-state index in [1.165, 1.54) is 7.11 Å². The van der Waals surface area contributed by atoms with Crippen molar-refractivity contribution in [3.8, 4) is 22.9 Å². The summed E-state index contributed by atoms with van der Waals surface area (Å²) >= 11 is 6.20. The van der Waals surface area contributed by atoms with Crippen LogP contribution in [-0.4, -0.2) is 71.2 Å². The Balaban J connectivity index is 1.41. The summed E-state index contributed by atoms with van der Waals surface area (Å²) in [4.78, 5) is 31.8. The van der Waals surface area contributed by atoms with Crippen LogP contribution in [0.4, 0.5) is 0 Å². The van der Waals surface area contributed by atoms with Crippen molar-refractivity contribution in [3.05, 3.63) is 69.1 Å². The minimum absolute atomic E-state index is 0.0282. The molecule has 35 heavy (non-hydrogen) atoms. The third-order valence-electron chi connectivity index (χ3n) is 5.97. The van der Waals surface area contributed by atoms with Crippen molar-refractivity contribution in [2.75, 3.05) is 40.3 Å². The minimum Gasteiger partial charge on any atom is -0.493 e. The smallest absolute Gasteiger partial charge is 0.273 e. The van der Waals surface area contributed by atoms with Gasteiger partial charge in [0.15, 0.2) is 17.3 Å². The standard InChI is InChI=1S/C25H28ClN5O4/c1-30-11-13-31(14-12-30)23(32)10-8-20-25(33)27-24(29-28-20)17-7-9-21(22(15-17)34-2)35-16-18-5-3-4-6-19(18)26/h3-7,9,15H,8,10-14,16H2,1-2H3,(H,27,29,33). The number of H-pyrrole nitrogens is 1. The van der Waals surface area contributed by atoms with Crippen LogP contribution in [0.15, 0.2) is 47.3 Å². The molecule has 2 heterocycles. The van der Waals surface area contributed by atoms with E-state index in [9.17, 15) is 9.59 Å². The molecule has 0 radical (unpaired) electrons. The molecule has 0 saturated carbocycles. The number of benzene rings is 2. The molecule has 1 N–H and O–H groups in total. The van der Waals surface area contributed by atoms with Gasteiger partial charge in [0.25, 0.3) is 5.56 Å². The zero-order chi connectivity index (χ0) is 24.8. The second-order valence-electron chi connectivity index (χ2n) is 8.38. The average Bonchev–Trinajstić information content (AvgIpc) is 2.87. The molecule has 0 spiro atoms. The van der Waals surface area contributed by atoms with Crippen LogP contribution in [0.5, 0.6) is 11.5 Å². The molecular formula is C25H28ClN5O4. The van der Waals surface area contributed by atoms with Gasteiger partial charge in [0.05, 0.1) is 7.11 Å². The maximum absolute atomic E-state index is 12.6. The van der Waals surface area contributed by atoms with E-state index in [0.29, 0.717) is 41.0 Å². The molecule has 184 valence electrons. The molecule has 10 heteroatoms. The van der Waals surface area contributed by atoms with Gasteiger partial charge < -0.3 is 24.3 Å². The number of aryl methyl sites for hydroxylation is 1. The molecular weight excluding hydrogens is 470 g/mol. The van der Waals surface area contributed by atoms with Gasteiger partial charge in [-0.2, -0.15) is 0 Å². The molecule has 1 saturated heterocycles. The largest absolute Gasteiger partial charge is 0.493 e. The summed E-state index contributed by atoms with van der Waals surface area (Å²) in [6.07, 6.45) is 0.470. The number of carbonyl (C=O) groups is 1. The molecule has 1 aliphatic heterocycles. The van der Waals surface area contributed by atoms with Crippen LogP contribution < -0.4 is 15.0 Å². The lowest BCUT2D eigenvalue weighted by Crippen LogP contribution is -2.47. The lowest BCUT2D eigenvalue weighted by atomic mass is 10.1. The summed E-state index contributed by atoms with van der Waals surface area (Å²) in [5, 5.41) is 8.88. The number of amides is 1. The number of nitrogens with zero attached hydrogens (tertiary/aromatic N) is 4. The number of ether oxygens (including phenoxy) is 2. The van der Waals surface area contributed by atoms with Gasteiger partial charge in [0, 0.05) is 55.2 Å². The summed E-state index contributed by atoms with van der Waals surface area (Å²) in [7, 11) is 3.58. The SMILES string of the molecule is COc1cc(-c2nnc(CCC(=O)N3CCN(C)CC3)c(=O)[nH]2)ccc1OCc1ccccc1Cl. The predicted octanol–water partition coefficient (Wildman–Crippen LogP) is 2.78. The fourth-order valence-corrected chi connectivity index (χ4v) is 3.99. The highest BCUT2D eigenvalue weighted by atomic mass is 35.5. The van der Waals surface area contributed by atoms with Crippen molar-refractivity contribution in [1.29, 1.82) is 0 Å². The highest BCUT2D eigenvalue weighted by Gasteiger charge is 2.19. The molecule has 1 amide bonds. The normalized spacial score (nSPS) is 14.1. The monoisotopic (exact) mass is 497 g/mol. The first kappa shape index (κ1) is 24.7. The van der Waals surface area contributed by atoms with E-state index < -0.39 is 0 Å². The Kier molecular flexibility index (Phi) is 7.99. The Labute approximate surface area is 208 Å². The maximum atomic E-state index is 12.6. The Morgan fingerprint density at radius 1 is 1.09 bits per heavy atom. The first-order valence-electron chi connectivity index (χ1n) is 11.4. The first-order valence-corrected chi connectivity index (χ1v) is 11.8. The van der Waals surface area contributed by atoms with Gasteiger partial charge in [0.1, 0.15) is 12.3 Å². The lowest BCUT2D eigenvalue weighted by Gasteiger charge is -2.32. The van der Waals surface area contributed by atoms with Crippen molar-refractivity contribution in [1.82, 2.24) is 25.0 Å². The van der Waals surface area contributed by atoms with Crippen molar-refractivity contribution >= 4 is 17.5 Å². The van der Waals surface area contributed by atoms with Gasteiger partial charge in [-0.05, 0) is 31.3 Å². The number of carbonyl (C=O) groups excluding carboxylic acids is 1. The zero-order valence-electron chi connectivity index (χ0n) is 19.8. The number of likely N-dealkylation sites (N-methyl/N-ethyl adjacent to an activating group) is 1. The molecule has 4 rings (SSSR count). The van der Waals surface area contributed by atoms with E-state index in [1.807, 2.05) is 36.2 Å². The number of rotatable bonds is 8. The number of aromatic amines is 1. The minimum atomic E-state index is -0.362. The molecule has 0 unspecified atom stereocenters. The van der Waals surface area contributed by atoms with Crippen LogP contribution in [-0.2, 0) is 17.8 Å². The molecule has 3 aromatic rings. The molecule has 0 bridgehead atoms. The van der Waals surface area contributed by atoms with Crippen molar-refractivity contribution < 1.29 is 14.3 Å². The molecule has 1 aromatic heterocycles. The first-order chi connectivity index (χ1) is 16.9. The fraction of sp³-hybridized carbons (Fsp3) is 0.360. The summed E-state index contributed by atoms with van der Waals surface area (Å²) in [5.41, 5.74) is 1.36. The predicted molar refractivity (Wildman–Crippen MR) is 133 cm³/mol. The molecule has 0 aliphatic carbocycles. The number of piperazine rings is 1. The number of methoxy groups -OCH3 is 1. The quantitative estimate of drug-likeness (QED) is 0.510. The van der Waals surface area contributed by atoms with E-state index in [0.717, 1.165) is 18.7 Å². The summed E-state index contributed by atoms with van der Waals surface area (Å²) in [6.45, 7) is 3.41. The number of halogens is 1. The summed E-state index contributed by atoms with van der Waals surface area (Å²) in [6, 6.07) is 12.7. The van der Waals surface area contributed by atoms with Gasteiger partial charge in [-0.1, -0.05) is 29.8 Å². The van der Waals surface area contributed by atoms with Crippen LogP contribution in [0.3, 0.4) is 0 Å². The highest BCUT2D eigenvalue weighted by Crippen LogP contribution is 2.32. The molecule has 1 aliphatic rings. The van der Waals surface area contributed by atoms with E-state index in [-0.39, 0.29) is 36.6 Å². The van der Waals surface area contributed by atoms with E-state index in [2.05, 4.69) is 20.1 Å². The lowest BCUT2D eigenvalue weighted by molar-refractivity contribution is -0.132. The van der Waals surface area contributed by atoms with Crippen LogP contribution in [0.2, 0.25) is 5.02 Å². The average molecular weight is 498 g/mol. The van der Waals surface area contributed by atoms with Crippen molar-refractivity contribution in [2.45, 2.75) is 19.4 Å². The second kappa shape index (κ2) is 11.3. The summed E-state index contributed by atoms with van der Waals surface area (Å²) < 4.78 is 11.3. The molecule has 0 atom stereocenters. The Morgan fingerprint density at radius 2 is 1.86 bits per heavy atom. The third kappa shape index (κ3) is 6.17. The fourth-order valence-electron chi connectivity index (χ4n) is 3.80. The Bertz CT molecular complexity index is 1240. The third-order valence-corrected chi connectivity index (χ3v) is 6.34. The van der Waals surface area contributed by atoms with E-state index >= 15 is 0 Å². The van der Waals surface area contributed by atoms with Crippen LogP contribution in [0.1, 0.15) is 17.7 Å². The van der Waals surface area contributed by atoms with Crippen LogP contribution >= 0.6 is 11.6 Å². The second-order valence-corrected chi connectivity index (χ2v) is 8.79. The molecule has 9 nitrogen and oxygen atoms in total. The van der Waals surface area contributed by atoms with Gasteiger partial charge in [-0.25, -0.2) is 0 Å². The summed E-state index contributed by atoms with van der Waals surface area (Å²) in [5.74, 6) is 1.35. The Hall–Kier alpha value is -3.43. The molecule has 1 fully saturated rings. The number of aromatic nitrogens is 3. The zero-order valence-corrected chi connectivity index (χ0v) is 20.5. The number of nitrogens with one attached hydrogen (secondary N) is 1. The van der Waals surface area contributed by atoms with Crippen molar-refractivity contribution in [3.63, 3.8) is 0 Å². The van der Waals surface area contributed by atoms with Gasteiger partial charge in [0.2, 0.25) is 5.91 Å². The van der Waals surface area contributed by atoms with Gasteiger partial charge in [-0.3, -0.25) is 9.59 Å². The van der Waals surface area contributed by atoms with Crippen LogP contribution in [0, 0.1) is 0 Å². The van der Waals surface area contributed by atoms with E-state index in [4.69, 9.17) is 21.1 Å². The van der Waals surface area contributed by atoms with Crippen LogP contribution in [0.25, 0.3) is 11.4 Å². The number of hydrogen-bond acceptors (Lipinski definition) is 7. The van der Waals surface area contributed by atoms with E-state index in [1.54, 1.807) is 18.2 Å². The molecule has 2 aromatic carbocycles. The Morgan fingerprint density at radius 3 is 2.57 bits per heavy atom. The van der Waals surface area contributed by atoms with Crippen molar-refractivity contribution in [2.24, 2.45) is 0 Å². The topological polar surface area (TPSA) is 101 Å². The van der Waals surface area contributed by atoms with Gasteiger partial charge >= 0.3 is 0 Å². The highest BCUT2D eigenvalue weighted by molar-refractivity contribution is 6.31. The number of hydrogen-bond donors (Lipinski definition) is 1. The van der Waals surface area contributed by atoms with Gasteiger partial charge in [-0.15, -0.1) is 10.2 Å². The maximum Gasteiger partial charge on any atom is 0.273 e.